The lowest BCUT2D eigenvalue weighted by atomic mass is 10.1. The maximum absolute atomic E-state index is 12.7. The van der Waals surface area contributed by atoms with Gasteiger partial charge in [0, 0.05) is 36.0 Å². The summed E-state index contributed by atoms with van der Waals surface area (Å²) in [7, 11) is 3.94. The van der Waals surface area contributed by atoms with E-state index in [2.05, 4.69) is 26.7 Å². The molecule has 0 aliphatic carbocycles. The zero-order valence-electron chi connectivity index (χ0n) is 24.7. The molecule has 0 spiro atoms. The molecule has 9 nitrogen and oxygen atoms in total. The minimum Gasteiger partial charge on any atom is -0.492 e. The number of anilines is 3. The van der Waals surface area contributed by atoms with Gasteiger partial charge >= 0.3 is 0 Å². The van der Waals surface area contributed by atoms with Crippen molar-refractivity contribution in [2.45, 2.75) is 40.2 Å². The van der Waals surface area contributed by atoms with Gasteiger partial charge in [0.05, 0.1) is 39.8 Å². The number of hydrogen-bond donors (Lipinski definition) is 2. The van der Waals surface area contributed by atoms with E-state index in [4.69, 9.17) is 21.1 Å². The van der Waals surface area contributed by atoms with Crippen molar-refractivity contribution in [3.8, 4) is 17.6 Å². The van der Waals surface area contributed by atoms with Crippen molar-refractivity contribution in [1.29, 1.82) is 5.26 Å². The molecular formula is C32H37ClN6O3. The quantitative estimate of drug-likeness (QED) is 0.179. The number of ether oxygens (including phenoxy) is 2. The van der Waals surface area contributed by atoms with Crippen LogP contribution in [0.2, 0.25) is 5.02 Å². The minimum atomic E-state index is -0.117. The number of rotatable bonds is 12. The molecule has 220 valence electrons. The Morgan fingerprint density at radius 3 is 2.55 bits per heavy atom. The van der Waals surface area contributed by atoms with Crippen LogP contribution in [-0.4, -0.2) is 48.0 Å². The molecule has 0 atom stereocenters. The summed E-state index contributed by atoms with van der Waals surface area (Å²) in [6, 6.07) is 16.7. The van der Waals surface area contributed by atoms with Crippen molar-refractivity contribution in [3.05, 3.63) is 77.2 Å². The normalized spacial score (nSPS) is 10.4. The van der Waals surface area contributed by atoms with Gasteiger partial charge in [-0.1, -0.05) is 31.5 Å². The molecule has 0 fully saturated rings. The number of pyridine rings is 2. The van der Waals surface area contributed by atoms with Crippen LogP contribution < -0.4 is 20.1 Å². The molecule has 2 aromatic carbocycles. The van der Waals surface area contributed by atoms with Gasteiger partial charge in [-0.2, -0.15) is 5.26 Å². The Morgan fingerprint density at radius 2 is 1.88 bits per heavy atom. The molecule has 2 aromatic heterocycles. The topological polar surface area (TPSA) is 112 Å². The summed E-state index contributed by atoms with van der Waals surface area (Å²) in [4.78, 5) is 23.4. The van der Waals surface area contributed by atoms with Crippen molar-refractivity contribution >= 4 is 45.5 Å². The number of aromatic nitrogens is 2. The van der Waals surface area contributed by atoms with Crippen LogP contribution in [0.25, 0.3) is 10.9 Å². The Bertz CT molecular complexity index is 1520. The molecule has 0 bridgehead atoms. The molecule has 0 radical (unpaired) electrons. The van der Waals surface area contributed by atoms with Gasteiger partial charge in [-0.05, 0) is 70.4 Å². The molecule has 0 aliphatic rings. The molecule has 4 aromatic rings. The standard InChI is InChI=1S/C30H31ClN6O3.C2H6/c1-4-39-28-16-25-23(15-26(28)36-29(38)9-7-13-37(2)3)30(20(17-32)18-34-25)35-21-10-11-27(24(31)14-21)40-19-22-8-5-6-12-33-22;1-2/h5-6,8,10-12,14-16,18H,4,7,9,13,19H2,1-3H3,(H,34,35)(H,36,38);1-2H3. The number of carbonyl (C=O) groups excluding carboxylic acids is 1. The smallest absolute Gasteiger partial charge is 0.224 e. The van der Waals surface area contributed by atoms with Crippen LogP contribution in [-0.2, 0) is 11.4 Å². The van der Waals surface area contributed by atoms with E-state index in [1.165, 1.54) is 6.20 Å². The van der Waals surface area contributed by atoms with Gasteiger partial charge in [-0.25, -0.2) is 0 Å². The number of halogens is 1. The van der Waals surface area contributed by atoms with Crippen LogP contribution in [0.1, 0.15) is 44.9 Å². The fraction of sp³-hybridized carbons (Fsp3) is 0.312. The maximum atomic E-state index is 12.7. The number of hydrogen-bond acceptors (Lipinski definition) is 8. The highest BCUT2D eigenvalue weighted by Crippen LogP contribution is 2.37. The summed E-state index contributed by atoms with van der Waals surface area (Å²) in [6.07, 6.45) is 4.31. The number of fused-ring (bicyclic) bond motifs is 1. The zero-order valence-corrected chi connectivity index (χ0v) is 25.5. The molecule has 0 saturated carbocycles. The van der Waals surface area contributed by atoms with Crippen LogP contribution in [0.5, 0.6) is 11.5 Å². The molecule has 42 heavy (non-hydrogen) atoms. The van der Waals surface area contributed by atoms with E-state index >= 15 is 0 Å². The lowest BCUT2D eigenvalue weighted by molar-refractivity contribution is -0.116. The van der Waals surface area contributed by atoms with Gasteiger partial charge in [-0.3, -0.25) is 14.8 Å². The number of amides is 1. The summed E-state index contributed by atoms with van der Waals surface area (Å²) in [5, 5.41) is 17.2. The van der Waals surface area contributed by atoms with Gasteiger partial charge < -0.3 is 25.0 Å². The number of benzene rings is 2. The Labute approximate surface area is 252 Å². The van der Waals surface area contributed by atoms with Gasteiger partial charge in [0.1, 0.15) is 24.2 Å². The average Bonchev–Trinajstić information content (AvgIpc) is 2.99. The summed E-state index contributed by atoms with van der Waals surface area (Å²) < 4.78 is 11.6. The summed E-state index contributed by atoms with van der Waals surface area (Å²) >= 11 is 6.52. The van der Waals surface area contributed by atoms with E-state index in [9.17, 15) is 10.1 Å². The molecule has 0 aliphatic heterocycles. The second-order valence-electron chi connectivity index (χ2n) is 9.29. The lowest BCUT2D eigenvalue weighted by Crippen LogP contribution is -2.17. The Morgan fingerprint density at radius 1 is 1.07 bits per heavy atom. The second-order valence-corrected chi connectivity index (χ2v) is 9.70. The molecular weight excluding hydrogens is 552 g/mol. The van der Waals surface area contributed by atoms with Crippen molar-refractivity contribution in [3.63, 3.8) is 0 Å². The third-order valence-corrected chi connectivity index (χ3v) is 6.27. The van der Waals surface area contributed by atoms with Crippen LogP contribution in [0.3, 0.4) is 0 Å². The monoisotopic (exact) mass is 588 g/mol. The molecule has 0 unspecified atom stereocenters. The first-order valence-corrected chi connectivity index (χ1v) is 14.3. The maximum Gasteiger partial charge on any atom is 0.224 e. The fourth-order valence-corrected chi connectivity index (χ4v) is 4.29. The van der Waals surface area contributed by atoms with Gasteiger partial charge in [0.2, 0.25) is 5.91 Å². The highest BCUT2D eigenvalue weighted by molar-refractivity contribution is 6.32. The highest BCUT2D eigenvalue weighted by Gasteiger charge is 2.16. The Kier molecular flexibility index (Phi) is 12.4. The molecule has 4 rings (SSSR count). The van der Waals surface area contributed by atoms with E-state index in [-0.39, 0.29) is 12.5 Å². The SMILES string of the molecule is CC.CCOc1cc2ncc(C#N)c(Nc3ccc(OCc4ccccn4)c(Cl)c3)c2cc1NC(=O)CCCN(C)C. The summed E-state index contributed by atoms with van der Waals surface area (Å²) in [5.74, 6) is 0.907. The van der Waals surface area contributed by atoms with Crippen LogP contribution in [0.15, 0.2) is 60.9 Å². The molecule has 0 saturated heterocycles. The Hall–Kier alpha value is -4.39. The first-order chi connectivity index (χ1) is 20.4. The number of nitrogens with one attached hydrogen (secondary N) is 2. The van der Waals surface area contributed by atoms with Gasteiger partial charge in [-0.15, -0.1) is 0 Å². The number of carbonyl (C=O) groups is 1. The average molecular weight is 589 g/mol. The summed E-state index contributed by atoms with van der Waals surface area (Å²) in [5.41, 5.74) is 3.44. The minimum absolute atomic E-state index is 0.117. The van der Waals surface area contributed by atoms with Crippen LogP contribution >= 0.6 is 11.6 Å². The van der Waals surface area contributed by atoms with E-state index in [1.807, 2.05) is 64.0 Å². The second kappa shape index (κ2) is 16.2. The van der Waals surface area contributed by atoms with Gasteiger partial charge in [0.15, 0.2) is 0 Å². The largest absolute Gasteiger partial charge is 0.492 e. The predicted molar refractivity (Wildman–Crippen MR) is 169 cm³/mol. The van der Waals surface area contributed by atoms with Crippen molar-refractivity contribution < 1.29 is 14.3 Å². The third kappa shape index (κ3) is 8.80. The number of nitrogens with zero attached hydrogens (tertiary/aromatic N) is 4. The lowest BCUT2D eigenvalue weighted by Gasteiger charge is -2.17. The van der Waals surface area contributed by atoms with E-state index in [1.54, 1.807) is 30.5 Å². The first-order valence-electron chi connectivity index (χ1n) is 13.9. The van der Waals surface area contributed by atoms with Crippen LogP contribution in [0, 0.1) is 11.3 Å². The van der Waals surface area contributed by atoms with Crippen molar-refractivity contribution in [2.24, 2.45) is 0 Å². The molecule has 2 heterocycles. The molecule has 1 amide bonds. The number of nitriles is 1. The molecule has 2 N–H and O–H groups in total. The van der Waals surface area contributed by atoms with Crippen molar-refractivity contribution in [1.82, 2.24) is 14.9 Å². The highest BCUT2D eigenvalue weighted by atomic mass is 35.5. The van der Waals surface area contributed by atoms with E-state index in [0.717, 1.165) is 18.7 Å². The Balaban J connectivity index is 0.00000237. The van der Waals surface area contributed by atoms with Gasteiger partial charge in [0.25, 0.3) is 0 Å². The van der Waals surface area contributed by atoms with Crippen molar-refractivity contribution in [2.75, 3.05) is 37.9 Å². The summed E-state index contributed by atoms with van der Waals surface area (Å²) in [6.45, 7) is 7.39. The molecule has 10 heteroatoms. The fourth-order valence-electron chi connectivity index (χ4n) is 4.06. The van der Waals surface area contributed by atoms with E-state index in [0.29, 0.717) is 63.1 Å². The van der Waals surface area contributed by atoms with Crippen LogP contribution in [0.4, 0.5) is 17.1 Å². The van der Waals surface area contributed by atoms with E-state index < -0.39 is 0 Å². The first kappa shape index (κ1) is 32.1. The zero-order chi connectivity index (χ0) is 30.5. The third-order valence-electron chi connectivity index (χ3n) is 5.98. The predicted octanol–water partition coefficient (Wildman–Crippen LogP) is 7.18.